The monoisotopic (exact) mass is 341 g/mol. The molecule has 2 aromatic rings. The average molecular weight is 341 g/mol. The highest BCUT2D eigenvalue weighted by Crippen LogP contribution is 2.15. The number of aromatic nitrogens is 3. The Labute approximate surface area is 149 Å². The Hall–Kier alpha value is -1.76. The predicted molar refractivity (Wildman–Crippen MR) is 96.7 cm³/mol. The van der Waals surface area contributed by atoms with Crippen LogP contribution in [-0.4, -0.2) is 70.2 Å². The highest BCUT2D eigenvalue weighted by molar-refractivity contribution is 5.28. The van der Waals surface area contributed by atoms with Crippen molar-refractivity contribution in [2.75, 3.05) is 39.3 Å². The van der Waals surface area contributed by atoms with Gasteiger partial charge >= 0.3 is 0 Å². The first-order valence-electron chi connectivity index (χ1n) is 9.40. The predicted octanol–water partition coefficient (Wildman–Crippen LogP) is 1.95. The lowest BCUT2D eigenvalue weighted by Gasteiger charge is -2.23. The number of ether oxygens (including phenoxy) is 1. The molecule has 0 aliphatic carbocycles. The summed E-state index contributed by atoms with van der Waals surface area (Å²) in [7, 11) is 0. The quantitative estimate of drug-likeness (QED) is 0.832. The van der Waals surface area contributed by atoms with Crippen molar-refractivity contribution in [2.24, 2.45) is 0 Å². The van der Waals surface area contributed by atoms with Gasteiger partial charge in [-0.1, -0.05) is 18.2 Å². The van der Waals surface area contributed by atoms with Gasteiger partial charge in [0, 0.05) is 32.8 Å². The number of hydrogen-bond acceptors (Lipinski definition) is 5. The molecule has 134 valence electrons. The van der Waals surface area contributed by atoms with Gasteiger partial charge in [0.25, 0.3) is 0 Å². The molecule has 0 bridgehead atoms. The van der Waals surface area contributed by atoms with Crippen LogP contribution in [0.4, 0.5) is 0 Å². The molecule has 3 heterocycles. The summed E-state index contributed by atoms with van der Waals surface area (Å²) in [6.45, 7) is 7.42. The van der Waals surface area contributed by atoms with E-state index in [-0.39, 0.29) is 0 Å². The Bertz CT molecular complexity index is 653. The third kappa shape index (κ3) is 4.45. The molecule has 1 aromatic heterocycles. The van der Waals surface area contributed by atoms with Gasteiger partial charge in [0.1, 0.15) is 0 Å². The molecule has 6 nitrogen and oxygen atoms in total. The molecule has 2 aliphatic rings. The SMILES string of the molecule is c1ccc(-n2ncc(CN3CCCN(CC4CCCO4)CC3)n2)cc1. The lowest BCUT2D eigenvalue weighted by Crippen LogP contribution is -2.35. The summed E-state index contributed by atoms with van der Waals surface area (Å²) < 4.78 is 5.79. The summed E-state index contributed by atoms with van der Waals surface area (Å²) in [5.41, 5.74) is 2.05. The molecule has 6 heteroatoms. The van der Waals surface area contributed by atoms with Crippen LogP contribution in [-0.2, 0) is 11.3 Å². The van der Waals surface area contributed by atoms with Crippen LogP contribution in [0.5, 0.6) is 0 Å². The molecule has 0 saturated carbocycles. The molecule has 1 unspecified atom stereocenters. The van der Waals surface area contributed by atoms with Crippen molar-refractivity contribution in [3.8, 4) is 5.69 Å². The maximum atomic E-state index is 5.79. The first kappa shape index (κ1) is 16.7. The van der Waals surface area contributed by atoms with Gasteiger partial charge in [0.2, 0.25) is 0 Å². The van der Waals surface area contributed by atoms with E-state index in [1.165, 1.54) is 25.8 Å². The van der Waals surface area contributed by atoms with Crippen LogP contribution in [0.1, 0.15) is 25.0 Å². The number of benzene rings is 1. The number of hydrogen-bond donors (Lipinski definition) is 0. The van der Waals surface area contributed by atoms with Gasteiger partial charge in [0.05, 0.1) is 23.7 Å². The Morgan fingerprint density at radius 1 is 1.00 bits per heavy atom. The zero-order valence-corrected chi connectivity index (χ0v) is 14.8. The van der Waals surface area contributed by atoms with Gasteiger partial charge in [-0.2, -0.15) is 15.0 Å². The highest BCUT2D eigenvalue weighted by Gasteiger charge is 2.21. The first-order chi connectivity index (χ1) is 12.4. The maximum Gasteiger partial charge on any atom is 0.0971 e. The van der Waals surface area contributed by atoms with Crippen LogP contribution in [0.15, 0.2) is 36.5 Å². The number of nitrogens with zero attached hydrogens (tertiary/aromatic N) is 5. The lowest BCUT2D eigenvalue weighted by atomic mass is 10.2. The maximum absolute atomic E-state index is 5.79. The largest absolute Gasteiger partial charge is 0.377 e. The zero-order chi connectivity index (χ0) is 16.9. The molecule has 0 amide bonds. The molecule has 0 N–H and O–H groups in total. The van der Waals surface area contributed by atoms with Gasteiger partial charge in [-0.05, 0) is 44.5 Å². The summed E-state index contributed by atoms with van der Waals surface area (Å²) in [6, 6.07) is 10.1. The molecule has 0 spiro atoms. The molecular weight excluding hydrogens is 314 g/mol. The minimum atomic E-state index is 0.456. The topological polar surface area (TPSA) is 46.4 Å². The van der Waals surface area contributed by atoms with Crippen molar-refractivity contribution < 1.29 is 4.74 Å². The fourth-order valence-corrected chi connectivity index (χ4v) is 3.72. The molecule has 1 aromatic carbocycles. The number of rotatable bonds is 5. The van der Waals surface area contributed by atoms with Gasteiger partial charge < -0.3 is 4.74 Å². The van der Waals surface area contributed by atoms with Gasteiger partial charge in [-0.3, -0.25) is 9.80 Å². The van der Waals surface area contributed by atoms with E-state index in [0.29, 0.717) is 6.10 Å². The second kappa shape index (κ2) is 8.08. The summed E-state index contributed by atoms with van der Waals surface area (Å²) in [6.07, 6.45) is 6.00. The molecule has 0 radical (unpaired) electrons. The zero-order valence-electron chi connectivity index (χ0n) is 14.8. The van der Waals surface area contributed by atoms with Crippen molar-refractivity contribution in [3.05, 3.63) is 42.2 Å². The fourth-order valence-electron chi connectivity index (χ4n) is 3.72. The van der Waals surface area contributed by atoms with E-state index < -0.39 is 0 Å². The summed E-state index contributed by atoms with van der Waals surface area (Å²) in [4.78, 5) is 6.78. The normalized spacial score (nSPS) is 23.0. The average Bonchev–Trinajstić information content (AvgIpc) is 3.27. The number of para-hydroxylation sites is 1. The summed E-state index contributed by atoms with van der Waals surface area (Å²) >= 11 is 0. The second-order valence-electron chi connectivity index (χ2n) is 7.03. The third-order valence-corrected chi connectivity index (χ3v) is 5.08. The van der Waals surface area contributed by atoms with E-state index in [0.717, 1.165) is 50.7 Å². The minimum absolute atomic E-state index is 0.456. The lowest BCUT2D eigenvalue weighted by molar-refractivity contribution is 0.0742. The third-order valence-electron chi connectivity index (χ3n) is 5.08. The van der Waals surface area contributed by atoms with Gasteiger partial charge in [-0.25, -0.2) is 0 Å². The second-order valence-corrected chi connectivity index (χ2v) is 7.03. The van der Waals surface area contributed by atoms with Crippen molar-refractivity contribution in [1.82, 2.24) is 24.8 Å². The molecule has 2 saturated heterocycles. The minimum Gasteiger partial charge on any atom is -0.377 e. The van der Waals surface area contributed by atoms with E-state index in [9.17, 15) is 0 Å². The van der Waals surface area contributed by atoms with E-state index in [1.807, 2.05) is 36.5 Å². The molecule has 2 fully saturated rings. The fraction of sp³-hybridized carbons (Fsp3) is 0.579. The van der Waals surface area contributed by atoms with E-state index in [1.54, 1.807) is 4.80 Å². The van der Waals surface area contributed by atoms with E-state index in [4.69, 9.17) is 4.74 Å². The molecule has 4 rings (SSSR count). The van der Waals surface area contributed by atoms with Crippen LogP contribution in [0.2, 0.25) is 0 Å². The van der Waals surface area contributed by atoms with E-state index in [2.05, 4.69) is 20.0 Å². The van der Waals surface area contributed by atoms with Crippen molar-refractivity contribution in [2.45, 2.75) is 31.9 Å². The summed E-state index contributed by atoms with van der Waals surface area (Å²) in [5.74, 6) is 0. The Balaban J connectivity index is 1.30. The van der Waals surface area contributed by atoms with Crippen LogP contribution in [0.3, 0.4) is 0 Å². The van der Waals surface area contributed by atoms with Crippen LogP contribution < -0.4 is 0 Å². The van der Waals surface area contributed by atoms with Crippen molar-refractivity contribution in [1.29, 1.82) is 0 Å². The van der Waals surface area contributed by atoms with Gasteiger partial charge in [-0.15, -0.1) is 0 Å². The summed E-state index contributed by atoms with van der Waals surface area (Å²) in [5, 5.41) is 9.05. The highest BCUT2D eigenvalue weighted by atomic mass is 16.5. The van der Waals surface area contributed by atoms with Crippen molar-refractivity contribution >= 4 is 0 Å². The molecule has 1 atom stereocenters. The first-order valence-corrected chi connectivity index (χ1v) is 9.40. The molecule has 2 aliphatic heterocycles. The Morgan fingerprint density at radius 3 is 2.68 bits per heavy atom. The van der Waals surface area contributed by atoms with Crippen LogP contribution in [0, 0.1) is 0 Å². The Kier molecular flexibility index (Phi) is 5.40. The van der Waals surface area contributed by atoms with Crippen molar-refractivity contribution in [3.63, 3.8) is 0 Å². The van der Waals surface area contributed by atoms with E-state index >= 15 is 0 Å². The van der Waals surface area contributed by atoms with Crippen LogP contribution in [0.25, 0.3) is 5.69 Å². The standard InChI is InChI=1S/C19H27N5O/c1-2-6-18(7-3-1)24-20-14-17(21-24)15-22-9-5-10-23(12-11-22)16-19-8-4-13-25-19/h1-3,6-7,14,19H,4-5,8-13,15-16H2. The molecular formula is C19H27N5O. The molecule has 25 heavy (non-hydrogen) atoms. The van der Waals surface area contributed by atoms with Crippen LogP contribution >= 0.6 is 0 Å². The Morgan fingerprint density at radius 2 is 1.84 bits per heavy atom. The smallest absolute Gasteiger partial charge is 0.0971 e. The van der Waals surface area contributed by atoms with Gasteiger partial charge in [0.15, 0.2) is 0 Å².